The van der Waals surface area contributed by atoms with Crippen molar-refractivity contribution < 1.29 is 4.79 Å². The van der Waals surface area contributed by atoms with Crippen molar-refractivity contribution in [1.82, 2.24) is 28.7 Å². The molecule has 3 aromatic heterocycles. The van der Waals surface area contributed by atoms with Gasteiger partial charge in [0.25, 0.3) is 5.56 Å². The molecule has 0 saturated heterocycles. The zero-order chi connectivity index (χ0) is 24.1. The largest absolute Gasteiger partial charge is 0.311 e. The number of hydrogen-bond acceptors (Lipinski definition) is 5. The number of aryl methyl sites for hydroxylation is 2. The predicted octanol–water partition coefficient (Wildman–Crippen LogP) is 4.10. The minimum atomic E-state index is -0.116. The SMILES string of the molecule is Cc1cc(C(=O)CSc2nnc(C)n2C2CC2)c(C)n1-c1c(C)n(C)n(-c2ccccc2)c1=O. The molecule has 1 aliphatic rings. The summed E-state index contributed by atoms with van der Waals surface area (Å²) in [6.45, 7) is 7.72. The molecule has 0 N–H and O–H groups in total. The van der Waals surface area contributed by atoms with Gasteiger partial charge in [-0.1, -0.05) is 30.0 Å². The molecule has 0 spiro atoms. The Morgan fingerprint density at radius 3 is 2.44 bits per heavy atom. The predicted molar refractivity (Wildman–Crippen MR) is 133 cm³/mol. The van der Waals surface area contributed by atoms with E-state index in [4.69, 9.17) is 0 Å². The number of carbonyl (C=O) groups excluding carboxylic acids is 1. The molecule has 0 atom stereocenters. The summed E-state index contributed by atoms with van der Waals surface area (Å²) >= 11 is 1.43. The van der Waals surface area contributed by atoms with Gasteiger partial charge in [-0.15, -0.1) is 10.2 Å². The summed E-state index contributed by atoms with van der Waals surface area (Å²) in [6, 6.07) is 11.9. The fourth-order valence-corrected chi connectivity index (χ4v) is 5.54. The second kappa shape index (κ2) is 8.47. The van der Waals surface area contributed by atoms with Crippen molar-refractivity contribution >= 4 is 17.5 Å². The van der Waals surface area contributed by atoms with E-state index < -0.39 is 0 Å². The molecule has 3 heterocycles. The lowest BCUT2D eigenvalue weighted by Crippen LogP contribution is -2.22. The van der Waals surface area contributed by atoms with Crippen molar-refractivity contribution in [2.24, 2.45) is 7.05 Å². The van der Waals surface area contributed by atoms with Gasteiger partial charge in [-0.2, -0.15) is 0 Å². The fourth-order valence-electron chi connectivity index (χ4n) is 4.61. The highest BCUT2D eigenvalue weighted by molar-refractivity contribution is 7.99. The van der Waals surface area contributed by atoms with Gasteiger partial charge in [-0.25, -0.2) is 4.68 Å². The fraction of sp³-hybridized carbons (Fsp3) is 0.360. The highest BCUT2D eigenvalue weighted by Gasteiger charge is 2.29. The maximum absolute atomic E-state index is 13.5. The van der Waals surface area contributed by atoms with Crippen LogP contribution in [0.15, 0.2) is 46.3 Å². The lowest BCUT2D eigenvalue weighted by Gasteiger charge is -2.09. The highest BCUT2D eigenvalue weighted by Crippen LogP contribution is 2.38. The Labute approximate surface area is 202 Å². The van der Waals surface area contributed by atoms with Crippen molar-refractivity contribution in [1.29, 1.82) is 0 Å². The molecule has 0 bridgehead atoms. The summed E-state index contributed by atoms with van der Waals surface area (Å²) in [5.74, 6) is 1.19. The first-order valence-corrected chi connectivity index (χ1v) is 12.4. The van der Waals surface area contributed by atoms with Gasteiger partial charge in [0.1, 0.15) is 11.5 Å². The Bertz CT molecular complexity index is 1450. The van der Waals surface area contributed by atoms with E-state index in [1.165, 1.54) is 11.8 Å². The first-order valence-electron chi connectivity index (χ1n) is 11.4. The minimum absolute atomic E-state index is 0.0179. The van der Waals surface area contributed by atoms with E-state index in [0.29, 0.717) is 17.3 Å². The number of aromatic nitrogens is 6. The third-order valence-corrected chi connectivity index (χ3v) is 7.50. The second-order valence-electron chi connectivity index (χ2n) is 8.87. The molecule has 34 heavy (non-hydrogen) atoms. The van der Waals surface area contributed by atoms with E-state index in [0.717, 1.165) is 46.6 Å². The van der Waals surface area contributed by atoms with Gasteiger partial charge in [0, 0.05) is 30.0 Å². The van der Waals surface area contributed by atoms with Gasteiger partial charge < -0.3 is 9.13 Å². The first-order chi connectivity index (χ1) is 16.3. The van der Waals surface area contributed by atoms with E-state index >= 15 is 0 Å². The highest BCUT2D eigenvalue weighted by atomic mass is 32.2. The van der Waals surface area contributed by atoms with Crippen LogP contribution in [0.1, 0.15) is 52.1 Å². The van der Waals surface area contributed by atoms with Crippen LogP contribution in [0.4, 0.5) is 0 Å². The number of rotatable bonds is 7. The summed E-state index contributed by atoms with van der Waals surface area (Å²) in [5.41, 5.74) is 4.34. The third-order valence-electron chi connectivity index (χ3n) is 6.56. The van der Waals surface area contributed by atoms with E-state index in [-0.39, 0.29) is 17.1 Å². The van der Waals surface area contributed by atoms with E-state index in [2.05, 4.69) is 14.8 Å². The molecular weight excluding hydrogens is 448 g/mol. The Kier molecular flexibility index (Phi) is 5.59. The number of hydrogen-bond donors (Lipinski definition) is 0. The molecule has 0 amide bonds. The van der Waals surface area contributed by atoms with Crippen LogP contribution in [0.25, 0.3) is 11.4 Å². The molecule has 1 saturated carbocycles. The summed E-state index contributed by atoms with van der Waals surface area (Å²) in [4.78, 5) is 26.8. The number of ketones is 1. The number of nitrogens with zero attached hydrogens (tertiary/aromatic N) is 6. The molecule has 0 unspecified atom stereocenters. The van der Waals surface area contributed by atoms with Gasteiger partial charge in [0.2, 0.25) is 0 Å². The van der Waals surface area contributed by atoms with Crippen molar-refractivity contribution in [2.75, 3.05) is 5.75 Å². The van der Waals surface area contributed by atoms with Crippen LogP contribution < -0.4 is 5.56 Å². The number of thioether (sulfide) groups is 1. The molecule has 176 valence electrons. The van der Waals surface area contributed by atoms with Gasteiger partial charge in [0.05, 0.1) is 17.1 Å². The van der Waals surface area contributed by atoms with Crippen molar-refractivity contribution in [3.63, 3.8) is 0 Å². The topological polar surface area (TPSA) is 79.6 Å². The van der Waals surface area contributed by atoms with Crippen LogP contribution >= 0.6 is 11.8 Å². The van der Waals surface area contributed by atoms with Crippen molar-refractivity contribution in [3.8, 4) is 11.4 Å². The molecular formula is C25H28N6O2S. The second-order valence-corrected chi connectivity index (χ2v) is 9.82. The van der Waals surface area contributed by atoms with Crippen LogP contribution in [0, 0.1) is 27.7 Å². The summed E-state index contributed by atoms with van der Waals surface area (Å²) in [5, 5.41) is 9.27. The Hall–Kier alpha value is -3.33. The van der Waals surface area contributed by atoms with Crippen LogP contribution in [0.3, 0.4) is 0 Å². The summed E-state index contributed by atoms with van der Waals surface area (Å²) in [7, 11) is 1.88. The van der Waals surface area contributed by atoms with E-state index in [9.17, 15) is 9.59 Å². The number of benzene rings is 1. The molecule has 8 nitrogen and oxygen atoms in total. The molecule has 5 rings (SSSR count). The normalized spacial score (nSPS) is 13.6. The summed E-state index contributed by atoms with van der Waals surface area (Å²) < 4.78 is 7.57. The summed E-state index contributed by atoms with van der Waals surface area (Å²) in [6.07, 6.45) is 2.27. The Morgan fingerprint density at radius 1 is 1.06 bits per heavy atom. The monoisotopic (exact) mass is 476 g/mol. The standard InChI is InChI=1S/C25H28N6O2S/c1-15-13-21(22(32)14-34-25-27-26-18(4)30(25)19-11-12-19)16(2)29(15)23-17(3)28(5)31(24(23)33)20-9-7-6-8-10-20/h6-10,13,19H,11-12,14H2,1-5H3. The van der Waals surface area contributed by atoms with Crippen molar-refractivity contribution in [2.45, 2.75) is 51.7 Å². The van der Waals surface area contributed by atoms with Gasteiger partial charge in [-0.3, -0.25) is 14.3 Å². The average molecular weight is 477 g/mol. The minimum Gasteiger partial charge on any atom is -0.311 e. The van der Waals surface area contributed by atoms with Crippen LogP contribution in [-0.4, -0.2) is 40.2 Å². The molecule has 1 aromatic carbocycles. The molecule has 0 radical (unpaired) electrons. The number of Topliss-reactive ketones (excluding diaryl/α,β-unsaturated/α-hetero) is 1. The molecule has 0 aliphatic heterocycles. The maximum Gasteiger partial charge on any atom is 0.295 e. The Balaban J connectivity index is 1.47. The van der Waals surface area contributed by atoms with E-state index in [1.54, 1.807) is 4.68 Å². The van der Waals surface area contributed by atoms with Gasteiger partial charge in [0.15, 0.2) is 10.9 Å². The van der Waals surface area contributed by atoms with Gasteiger partial charge in [-0.05, 0) is 58.7 Å². The maximum atomic E-state index is 13.5. The zero-order valence-electron chi connectivity index (χ0n) is 20.1. The number of carbonyl (C=O) groups is 1. The smallest absolute Gasteiger partial charge is 0.295 e. The number of para-hydroxylation sites is 1. The van der Waals surface area contributed by atoms with Crippen LogP contribution in [0.2, 0.25) is 0 Å². The molecule has 1 aliphatic carbocycles. The van der Waals surface area contributed by atoms with Gasteiger partial charge >= 0.3 is 0 Å². The molecule has 4 aromatic rings. The lowest BCUT2D eigenvalue weighted by molar-refractivity contribution is 0.102. The Morgan fingerprint density at radius 2 is 1.76 bits per heavy atom. The van der Waals surface area contributed by atoms with E-state index in [1.807, 2.05) is 80.4 Å². The molecule has 9 heteroatoms. The van der Waals surface area contributed by atoms with Crippen molar-refractivity contribution in [3.05, 3.63) is 75.2 Å². The van der Waals surface area contributed by atoms with Crippen LogP contribution in [0.5, 0.6) is 0 Å². The quantitative estimate of drug-likeness (QED) is 0.296. The molecule has 1 fully saturated rings. The third kappa shape index (κ3) is 3.64. The zero-order valence-corrected chi connectivity index (χ0v) is 20.9. The van der Waals surface area contributed by atoms with Crippen LogP contribution in [-0.2, 0) is 7.05 Å². The average Bonchev–Trinajstić information content (AvgIpc) is 3.48. The lowest BCUT2D eigenvalue weighted by atomic mass is 10.2. The first kappa shape index (κ1) is 22.5.